The van der Waals surface area contributed by atoms with E-state index in [1.807, 2.05) is 6.92 Å². The molecule has 76 valence electrons. The first-order valence-corrected chi connectivity index (χ1v) is 5.31. The van der Waals surface area contributed by atoms with Crippen molar-refractivity contribution < 1.29 is 0 Å². The van der Waals surface area contributed by atoms with Crippen LogP contribution in [0.2, 0.25) is 0 Å². The van der Waals surface area contributed by atoms with Crippen LogP contribution in [0.1, 0.15) is 32.6 Å². The second-order valence-corrected chi connectivity index (χ2v) is 4.30. The maximum absolute atomic E-state index is 5.68. The van der Waals surface area contributed by atoms with Gasteiger partial charge in [-0.1, -0.05) is 13.0 Å². The molecule has 3 N–H and O–H groups in total. The van der Waals surface area contributed by atoms with Gasteiger partial charge < -0.3 is 11.1 Å². The van der Waals surface area contributed by atoms with Crippen molar-refractivity contribution in [3.05, 3.63) is 12.3 Å². The number of rotatable bonds is 4. The van der Waals surface area contributed by atoms with Crippen molar-refractivity contribution in [2.75, 3.05) is 13.1 Å². The predicted octanol–water partition coefficient (Wildman–Crippen LogP) is 1.87. The Labute approximate surface area is 81.6 Å². The van der Waals surface area contributed by atoms with Crippen LogP contribution in [0.3, 0.4) is 0 Å². The van der Waals surface area contributed by atoms with Gasteiger partial charge in [-0.05, 0) is 44.6 Å². The quantitative estimate of drug-likeness (QED) is 0.696. The minimum atomic E-state index is 0.769. The molecule has 0 heterocycles. The number of nitrogens with one attached hydrogen (secondary N) is 1. The highest BCUT2D eigenvalue weighted by Gasteiger charge is 2.20. The maximum Gasteiger partial charge on any atom is 0.0172 e. The zero-order valence-electron chi connectivity index (χ0n) is 8.68. The summed E-state index contributed by atoms with van der Waals surface area (Å²) < 4.78 is 0. The van der Waals surface area contributed by atoms with E-state index in [2.05, 4.69) is 11.9 Å². The smallest absolute Gasteiger partial charge is 0.0172 e. The van der Waals surface area contributed by atoms with Crippen molar-refractivity contribution in [2.45, 2.75) is 32.6 Å². The van der Waals surface area contributed by atoms with Crippen LogP contribution in [0, 0.1) is 11.8 Å². The molecule has 0 spiro atoms. The van der Waals surface area contributed by atoms with Gasteiger partial charge in [0.2, 0.25) is 0 Å². The molecule has 2 heteroatoms. The van der Waals surface area contributed by atoms with E-state index in [9.17, 15) is 0 Å². The molecule has 0 aromatic heterocycles. The monoisotopic (exact) mass is 182 g/mol. The third kappa shape index (κ3) is 3.81. The van der Waals surface area contributed by atoms with Gasteiger partial charge in [0.25, 0.3) is 0 Å². The van der Waals surface area contributed by atoms with E-state index in [4.69, 9.17) is 5.73 Å². The molecule has 1 aliphatic carbocycles. The van der Waals surface area contributed by atoms with Gasteiger partial charge >= 0.3 is 0 Å². The average Bonchev–Trinajstić information content (AvgIpc) is 2.15. The Hall–Kier alpha value is -0.500. The van der Waals surface area contributed by atoms with Crippen LogP contribution in [0.15, 0.2) is 12.3 Å². The summed E-state index contributed by atoms with van der Waals surface area (Å²) >= 11 is 0. The molecule has 13 heavy (non-hydrogen) atoms. The molecule has 2 nitrogen and oxygen atoms in total. The van der Waals surface area contributed by atoms with Gasteiger partial charge in [0.15, 0.2) is 0 Å². The normalized spacial score (nSPS) is 28.5. The van der Waals surface area contributed by atoms with Crippen LogP contribution >= 0.6 is 0 Å². The van der Waals surface area contributed by atoms with Gasteiger partial charge in [0, 0.05) is 12.2 Å². The summed E-state index contributed by atoms with van der Waals surface area (Å²) in [6, 6.07) is 0. The molecule has 2 unspecified atom stereocenters. The lowest BCUT2D eigenvalue weighted by Gasteiger charge is -2.28. The summed E-state index contributed by atoms with van der Waals surface area (Å²) in [5.74, 6) is 1.59. The Morgan fingerprint density at radius 1 is 1.46 bits per heavy atom. The molecule has 1 fully saturated rings. The minimum absolute atomic E-state index is 0.769. The maximum atomic E-state index is 5.68. The molecule has 0 bridgehead atoms. The number of allylic oxidation sites excluding steroid dienone is 1. The molecular formula is C11H22N2. The highest BCUT2D eigenvalue weighted by atomic mass is 14.9. The van der Waals surface area contributed by atoms with Crippen LogP contribution in [-0.4, -0.2) is 13.1 Å². The molecule has 0 radical (unpaired) electrons. The Bertz CT molecular complexity index is 165. The summed E-state index contributed by atoms with van der Waals surface area (Å²) in [5.41, 5.74) is 6.76. The van der Waals surface area contributed by atoms with Crippen molar-refractivity contribution in [3.63, 3.8) is 0 Å². The molecule has 0 amide bonds. The van der Waals surface area contributed by atoms with E-state index in [1.54, 1.807) is 0 Å². The highest BCUT2D eigenvalue weighted by molar-refractivity contribution is 4.86. The fourth-order valence-corrected chi connectivity index (χ4v) is 2.12. The zero-order chi connectivity index (χ0) is 9.68. The summed E-state index contributed by atoms with van der Waals surface area (Å²) in [4.78, 5) is 0. The van der Waals surface area contributed by atoms with Crippen LogP contribution in [0.25, 0.3) is 0 Å². The second kappa shape index (κ2) is 5.28. The highest BCUT2D eigenvalue weighted by Crippen LogP contribution is 2.27. The fraction of sp³-hybridized carbons (Fsp3) is 0.818. The van der Waals surface area contributed by atoms with Crippen molar-refractivity contribution >= 4 is 0 Å². The third-order valence-electron chi connectivity index (χ3n) is 2.92. The first kappa shape index (κ1) is 10.6. The van der Waals surface area contributed by atoms with Crippen LogP contribution in [-0.2, 0) is 0 Å². The first-order valence-electron chi connectivity index (χ1n) is 5.31. The molecule has 0 aromatic rings. The molecule has 1 saturated carbocycles. The Balaban J connectivity index is 2.21. The van der Waals surface area contributed by atoms with Gasteiger partial charge in [-0.25, -0.2) is 0 Å². The topological polar surface area (TPSA) is 38.0 Å². The largest absolute Gasteiger partial charge is 0.389 e. The van der Waals surface area contributed by atoms with E-state index >= 15 is 0 Å². The minimum Gasteiger partial charge on any atom is -0.389 e. The number of hydrogen-bond donors (Lipinski definition) is 2. The summed E-state index contributed by atoms with van der Waals surface area (Å²) in [6.07, 6.45) is 5.35. The molecule has 1 rings (SSSR count). The van der Waals surface area contributed by atoms with Gasteiger partial charge in [0.05, 0.1) is 0 Å². The standard InChI is InChI=1S/C11H22N2/c1-9(2)13-8-11-5-3-4-10(6-11)7-12/h10-11,13H,1,3-8,12H2,2H3. The summed E-state index contributed by atoms with van der Waals surface area (Å²) in [6.45, 7) is 7.81. The van der Waals surface area contributed by atoms with Crippen LogP contribution in [0.4, 0.5) is 0 Å². The number of nitrogens with two attached hydrogens (primary N) is 1. The lowest BCUT2D eigenvalue weighted by atomic mass is 9.81. The molecule has 0 saturated heterocycles. The zero-order valence-corrected chi connectivity index (χ0v) is 8.68. The molecule has 1 aliphatic rings. The van der Waals surface area contributed by atoms with Gasteiger partial charge in [-0.3, -0.25) is 0 Å². The Morgan fingerprint density at radius 3 is 2.77 bits per heavy atom. The van der Waals surface area contributed by atoms with E-state index in [1.165, 1.54) is 25.7 Å². The molecule has 2 atom stereocenters. The fourth-order valence-electron chi connectivity index (χ4n) is 2.12. The van der Waals surface area contributed by atoms with Crippen molar-refractivity contribution in [1.82, 2.24) is 5.32 Å². The van der Waals surface area contributed by atoms with E-state index < -0.39 is 0 Å². The average molecular weight is 182 g/mol. The van der Waals surface area contributed by atoms with Crippen LogP contribution in [0.5, 0.6) is 0 Å². The molecule has 0 aromatic carbocycles. The van der Waals surface area contributed by atoms with E-state index in [0.29, 0.717) is 0 Å². The number of hydrogen-bond acceptors (Lipinski definition) is 2. The Morgan fingerprint density at radius 2 is 2.15 bits per heavy atom. The second-order valence-electron chi connectivity index (χ2n) is 4.30. The summed E-state index contributed by atoms with van der Waals surface area (Å²) in [5, 5.41) is 3.32. The predicted molar refractivity (Wildman–Crippen MR) is 57.3 cm³/mol. The first-order chi connectivity index (χ1) is 6.22. The van der Waals surface area contributed by atoms with Crippen molar-refractivity contribution in [3.8, 4) is 0 Å². The Kier molecular flexibility index (Phi) is 4.29. The third-order valence-corrected chi connectivity index (χ3v) is 2.92. The SMILES string of the molecule is C=C(C)NCC1CCCC(CN)C1. The van der Waals surface area contributed by atoms with E-state index in [0.717, 1.165) is 30.6 Å². The summed E-state index contributed by atoms with van der Waals surface area (Å²) in [7, 11) is 0. The van der Waals surface area contributed by atoms with Crippen LogP contribution < -0.4 is 11.1 Å². The van der Waals surface area contributed by atoms with Gasteiger partial charge in [-0.2, -0.15) is 0 Å². The van der Waals surface area contributed by atoms with E-state index in [-0.39, 0.29) is 0 Å². The lowest BCUT2D eigenvalue weighted by molar-refractivity contribution is 0.269. The van der Waals surface area contributed by atoms with Crippen molar-refractivity contribution in [2.24, 2.45) is 17.6 Å². The van der Waals surface area contributed by atoms with Gasteiger partial charge in [-0.15, -0.1) is 0 Å². The molecule has 0 aliphatic heterocycles. The lowest BCUT2D eigenvalue weighted by Crippen LogP contribution is -2.28. The van der Waals surface area contributed by atoms with Crippen molar-refractivity contribution in [1.29, 1.82) is 0 Å². The molecular weight excluding hydrogens is 160 g/mol. The van der Waals surface area contributed by atoms with Gasteiger partial charge in [0.1, 0.15) is 0 Å².